The number of rotatable bonds is 6. The molecule has 152 valence electrons. The maximum atomic E-state index is 12.5. The number of hydrogen-bond donors (Lipinski definition) is 1. The molecule has 0 saturated carbocycles. The van der Waals surface area contributed by atoms with E-state index >= 15 is 0 Å². The Morgan fingerprint density at radius 2 is 2.07 bits per heavy atom. The molecule has 4 rings (SSSR count). The van der Waals surface area contributed by atoms with Gasteiger partial charge in [0.25, 0.3) is 5.56 Å². The minimum Gasteiger partial charge on any atom is -0.364 e. The zero-order valence-electron chi connectivity index (χ0n) is 16.4. The van der Waals surface area contributed by atoms with E-state index in [4.69, 9.17) is 4.52 Å². The van der Waals surface area contributed by atoms with Crippen LogP contribution in [0.25, 0.3) is 5.52 Å². The number of H-pyrrole nitrogens is 1. The van der Waals surface area contributed by atoms with Crippen LogP contribution >= 0.6 is 0 Å². The van der Waals surface area contributed by atoms with E-state index in [0.29, 0.717) is 56.3 Å². The Bertz CT molecular complexity index is 1070. The first-order valence-electron chi connectivity index (χ1n) is 9.94. The summed E-state index contributed by atoms with van der Waals surface area (Å²) in [4.78, 5) is 41.8. The Balaban J connectivity index is 1.27. The van der Waals surface area contributed by atoms with Crippen LogP contribution in [0.1, 0.15) is 47.4 Å². The van der Waals surface area contributed by atoms with E-state index in [1.54, 1.807) is 6.07 Å². The first-order valence-corrected chi connectivity index (χ1v) is 9.94. The molecule has 1 saturated heterocycles. The highest BCUT2D eigenvalue weighted by Crippen LogP contribution is 2.22. The van der Waals surface area contributed by atoms with Gasteiger partial charge in [-0.15, -0.1) is 0 Å². The number of aryl methyl sites for hydroxylation is 2. The van der Waals surface area contributed by atoms with Gasteiger partial charge in [-0.1, -0.05) is 5.16 Å². The summed E-state index contributed by atoms with van der Waals surface area (Å²) in [6.07, 6.45) is 7.79. The molecule has 8 nitrogen and oxygen atoms in total. The Hall–Kier alpha value is -3.16. The van der Waals surface area contributed by atoms with Crippen LogP contribution in [0.5, 0.6) is 0 Å². The fraction of sp³-hybridized carbons (Fsp3) is 0.429. The molecule has 3 aromatic heterocycles. The minimum atomic E-state index is -0.110. The van der Waals surface area contributed by atoms with Crippen LogP contribution in [-0.4, -0.2) is 44.2 Å². The Morgan fingerprint density at radius 3 is 2.79 bits per heavy atom. The van der Waals surface area contributed by atoms with Crippen molar-refractivity contribution in [2.45, 2.75) is 39.0 Å². The summed E-state index contributed by atoms with van der Waals surface area (Å²) < 4.78 is 6.62. The second-order valence-corrected chi connectivity index (χ2v) is 7.62. The van der Waals surface area contributed by atoms with Gasteiger partial charge in [0.05, 0.1) is 11.8 Å². The number of nitrogens with zero attached hydrogens (tertiary/aromatic N) is 3. The first-order chi connectivity index (χ1) is 14.0. The number of amides is 1. The number of carbonyl (C=O) groups excluding carboxylic acids is 2. The number of hydrogen-bond acceptors (Lipinski definition) is 5. The van der Waals surface area contributed by atoms with Crippen molar-refractivity contribution in [1.82, 2.24) is 19.4 Å². The van der Waals surface area contributed by atoms with Crippen molar-refractivity contribution < 1.29 is 14.1 Å². The van der Waals surface area contributed by atoms with E-state index in [-0.39, 0.29) is 23.2 Å². The lowest BCUT2D eigenvalue weighted by Gasteiger charge is -2.31. The summed E-state index contributed by atoms with van der Waals surface area (Å²) in [5.74, 6) is 0.0551. The molecule has 0 radical (unpaired) electrons. The molecule has 0 aromatic carbocycles. The molecule has 1 aliphatic rings. The molecule has 0 atom stereocenters. The van der Waals surface area contributed by atoms with Crippen molar-refractivity contribution in [3.8, 4) is 0 Å². The summed E-state index contributed by atoms with van der Waals surface area (Å²) in [5, 5.41) is 3.58. The van der Waals surface area contributed by atoms with Crippen LogP contribution in [0.4, 0.5) is 0 Å². The van der Waals surface area contributed by atoms with E-state index in [9.17, 15) is 14.4 Å². The van der Waals surface area contributed by atoms with Gasteiger partial charge in [-0.2, -0.15) is 0 Å². The molecule has 8 heteroatoms. The smallest absolute Gasteiger partial charge is 0.272 e. The molecule has 0 bridgehead atoms. The van der Waals surface area contributed by atoms with Gasteiger partial charge in [0.15, 0.2) is 5.78 Å². The SMILES string of the molecule is Cc1ccc2c(=O)[nH]c(CCCC(=O)N3CCC(C(=O)c4cnoc4)CC3)cn12. The molecule has 3 aromatic rings. The monoisotopic (exact) mass is 396 g/mol. The number of Topliss-reactive ketones (excluding diaryl/α,β-unsaturated/α-hetero) is 1. The number of carbonyl (C=O) groups is 2. The molecule has 0 spiro atoms. The molecule has 1 aliphatic heterocycles. The average molecular weight is 396 g/mol. The van der Waals surface area contributed by atoms with Gasteiger partial charge < -0.3 is 18.8 Å². The van der Waals surface area contributed by atoms with E-state index in [0.717, 1.165) is 11.4 Å². The second kappa shape index (κ2) is 8.06. The number of piperidine rings is 1. The maximum Gasteiger partial charge on any atom is 0.272 e. The normalized spacial score (nSPS) is 15.1. The highest BCUT2D eigenvalue weighted by atomic mass is 16.5. The van der Waals surface area contributed by atoms with Crippen LogP contribution in [0.3, 0.4) is 0 Å². The molecule has 1 amide bonds. The summed E-state index contributed by atoms with van der Waals surface area (Å²) in [5.41, 5.74) is 2.85. The highest BCUT2D eigenvalue weighted by molar-refractivity contribution is 5.97. The van der Waals surface area contributed by atoms with Crippen molar-refractivity contribution >= 4 is 17.2 Å². The molecule has 29 heavy (non-hydrogen) atoms. The second-order valence-electron chi connectivity index (χ2n) is 7.62. The van der Waals surface area contributed by atoms with Crippen LogP contribution in [0.2, 0.25) is 0 Å². The summed E-state index contributed by atoms with van der Waals surface area (Å²) >= 11 is 0. The average Bonchev–Trinajstić information content (AvgIpc) is 3.38. The zero-order valence-corrected chi connectivity index (χ0v) is 16.4. The minimum absolute atomic E-state index is 0.0398. The van der Waals surface area contributed by atoms with Gasteiger partial charge >= 0.3 is 0 Å². The van der Waals surface area contributed by atoms with E-state index < -0.39 is 0 Å². The van der Waals surface area contributed by atoms with E-state index in [2.05, 4.69) is 10.1 Å². The van der Waals surface area contributed by atoms with Crippen LogP contribution in [0.15, 0.2) is 40.1 Å². The Labute approximate surface area is 167 Å². The molecule has 0 unspecified atom stereocenters. The first kappa shape index (κ1) is 19.2. The maximum absolute atomic E-state index is 12.5. The molecular formula is C21H24N4O4. The third-order valence-electron chi connectivity index (χ3n) is 5.69. The summed E-state index contributed by atoms with van der Waals surface area (Å²) in [6, 6.07) is 3.72. The topological polar surface area (TPSA) is 101 Å². The standard InChI is InChI=1S/C21H24N4O4/c1-14-5-6-18-21(28)23-17(12-25(14)18)3-2-4-19(26)24-9-7-15(8-10-24)20(27)16-11-22-29-13-16/h5-6,11-13,15H,2-4,7-10H2,1H3,(H,23,28). The van der Waals surface area contributed by atoms with Gasteiger partial charge in [-0.3, -0.25) is 14.4 Å². The lowest BCUT2D eigenvalue weighted by molar-refractivity contribution is -0.132. The quantitative estimate of drug-likeness (QED) is 0.645. The number of ketones is 1. The summed E-state index contributed by atoms with van der Waals surface area (Å²) in [6.45, 7) is 3.13. The Kier molecular flexibility index (Phi) is 5.33. The van der Waals surface area contributed by atoms with Crippen molar-refractivity contribution in [2.75, 3.05) is 13.1 Å². The van der Waals surface area contributed by atoms with Crippen molar-refractivity contribution in [3.05, 3.63) is 58.1 Å². The van der Waals surface area contributed by atoms with Crippen molar-refractivity contribution in [3.63, 3.8) is 0 Å². The number of aromatic amines is 1. The predicted molar refractivity (Wildman–Crippen MR) is 106 cm³/mol. The van der Waals surface area contributed by atoms with Crippen LogP contribution < -0.4 is 5.56 Å². The fourth-order valence-electron chi connectivity index (χ4n) is 3.97. The Morgan fingerprint density at radius 1 is 1.28 bits per heavy atom. The van der Waals surface area contributed by atoms with Gasteiger partial charge in [-0.25, -0.2) is 0 Å². The largest absolute Gasteiger partial charge is 0.364 e. The molecule has 1 fully saturated rings. The van der Waals surface area contributed by atoms with Gasteiger partial charge in [0, 0.05) is 43.0 Å². The number of nitrogens with one attached hydrogen (secondary N) is 1. The fourth-order valence-corrected chi connectivity index (χ4v) is 3.97. The summed E-state index contributed by atoms with van der Waals surface area (Å²) in [7, 11) is 0. The number of aromatic nitrogens is 3. The molecule has 0 aliphatic carbocycles. The lowest BCUT2D eigenvalue weighted by Crippen LogP contribution is -2.40. The lowest BCUT2D eigenvalue weighted by atomic mass is 9.90. The van der Waals surface area contributed by atoms with Crippen molar-refractivity contribution in [2.24, 2.45) is 5.92 Å². The van der Waals surface area contributed by atoms with Crippen LogP contribution in [-0.2, 0) is 11.2 Å². The molecule has 1 N–H and O–H groups in total. The van der Waals surface area contributed by atoms with Crippen molar-refractivity contribution in [1.29, 1.82) is 0 Å². The number of likely N-dealkylation sites (tertiary alicyclic amines) is 1. The third kappa shape index (κ3) is 4.01. The van der Waals surface area contributed by atoms with Gasteiger partial charge in [0.2, 0.25) is 5.91 Å². The van der Waals surface area contributed by atoms with Gasteiger partial charge in [0.1, 0.15) is 11.8 Å². The highest BCUT2D eigenvalue weighted by Gasteiger charge is 2.28. The van der Waals surface area contributed by atoms with Crippen LogP contribution in [0, 0.1) is 12.8 Å². The van der Waals surface area contributed by atoms with Gasteiger partial charge in [-0.05, 0) is 44.7 Å². The van der Waals surface area contributed by atoms with E-state index in [1.165, 1.54) is 12.5 Å². The molecule has 4 heterocycles. The van der Waals surface area contributed by atoms with E-state index in [1.807, 2.05) is 28.5 Å². The predicted octanol–water partition coefficient (Wildman–Crippen LogP) is 2.37. The molecular weight excluding hydrogens is 372 g/mol. The number of fused-ring (bicyclic) bond motifs is 1. The zero-order chi connectivity index (χ0) is 20.4. The third-order valence-corrected chi connectivity index (χ3v) is 5.69.